The molecule has 0 saturated carbocycles. The molecule has 1 aliphatic rings. The average molecular weight is 403 g/mol. The number of benzene rings is 2. The highest BCUT2D eigenvalue weighted by molar-refractivity contribution is 5.94. The number of carbonyl (C=O) groups is 1. The summed E-state index contributed by atoms with van der Waals surface area (Å²) in [5.41, 5.74) is 7.03. The van der Waals surface area contributed by atoms with Gasteiger partial charge in [-0.1, -0.05) is 19.1 Å². The van der Waals surface area contributed by atoms with Crippen molar-refractivity contribution in [3.05, 3.63) is 82.7 Å². The molecule has 2 aromatic carbocycles. The van der Waals surface area contributed by atoms with Crippen LogP contribution in [0.3, 0.4) is 0 Å². The lowest BCUT2D eigenvalue weighted by Gasteiger charge is -2.21. The molecule has 30 heavy (non-hydrogen) atoms. The van der Waals surface area contributed by atoms with E-state index in [0.29, 0.717) is 18.7 Å². The zero-order chi connectivity index (χ0) is 21.1. The Morgan fingerprint density at radius 2 is 1.87 bits per heavy atom. The molecule has 156 valence electrons. The molecular weight excluding hydrogens is 372 g/mol. The highest BCUT2D eigenvalue weighted by Crippen LogP contribution is 2.30. The molecule has 4 rings (SSSR count). The van der Waals surface area contributed by atoms with Crippen molar-refractivity contribution in [3.8, 4) is 11.4 Å². The Morgan fingerprint density at radius 3 is 2.57 bits per heavy atom. The van der Waals surface area contributed by atoms with Gasteiger partial charge >= 0.3 is 0 Å². The zero-order valence-corrected chi connectivity index (χ0v) is 18.1. The van der Waals surface area contributed by atoms with Crippen LogP contribution in [0.1, 0.15) is 53.1 Å². The van der Waals surface area contributed by atoms with Crippen molar-refractivity contribution in [2.45, 2.75) is 46.6 Å². The average Bonchev–Trinajstić information content (AvgIpc) is 3.08. The molecule has 4 heteroatoms. The summed E-state index contributed by atoms with van der Waals surface area (Å²) in [5.74, 6) is 1.55. The molecule has 4 nitrogen and oxygen atoms in total. The molecule has 3 aromatic rings. The van der Waals surface area contributed by atoms with Crippen molar-refractivity contribution in [3.63, 3.8) is 0 Å². The molecular formula is C26H30N2O2. The van der Waals surface area contributed by atoms with E-state index in [-0.39, 0.29) is 5.91 Å². The van der Waals surface area contributed by atoms with Gasteiger partial charge in [0.1, 0.15) is 5.75 Å². The molecule has 1 amide bonds. The van der Waals surface area contributed by atoms with Crippen LogP contribution in [0.25, 0.3) is 5.69 Å². The van der Waals surface area contributed by atoms with Gasteiger partial charge in [-0.05, 0) is 92.6 Å². The first kappa shape index (κ1) is 20.3. The fourth-order valence-corrected chi connectivity index (χ4v) is 4.34. The molecule has 0 bridgehead atoms. The summed E-state index contributed by atoms with van der Waals surface area (Å²) in [4.78, 5) is 12.6. The molecule has 1 atom stereocenters. The fourth-order valence-electron chi connectivity index (χ4n) is 4.34. The van der Waals surface area contributed by atoms with Gasteiger partial charge in [-0.15, -0.1) is 0 Å². The summed E-state index contributed by atoms with van der Waals surface area (Å²) in [7, 11) is 0. The van der Waals surface area contributed by atoms with Crippen LogP contribution in [0.5, 0.6) is 5.75 Å². The van der Waals surface area contributed by atoms with Crippen LogP contribution < -0.4 is 10.1 Å². The lowest BCUT2D eigenvalue weighted by atomic mass is 9.89. The minimum atomic E-state index is -0.0597. The van der Waals surface area contributed by atoms with Crippen molar-refractivity contribution in [1.82, 2.24) is 9.88 Å². The van der Waals surface area contributed by atoms with E-state index in [9.17, 15) is 4.79 Å². The van der Waals surface area contributed by atoms with Crippen molar-refractivity contribution in [1.29, 1.82) is 0 Å². The van der Waals surface area contributed by atoms with Crippen LogP contribution in [0, 0.1) is 12.8 Å². The van der Waals surface area contributed by atoms with Gasteiger partial charge in [-0.3, -0.25) is 4.79 Å². The summed E-state index contributed by atoms with van der Waals surface area (Å²) >= 11 is 0. The van der Waals surface area contributed by atoms with Crippen LogP contribution in [-0.2, 0) is 19.4 Å². The SMILES string of the molecule is CCOc1ccc(CNC(=O)c2ccc(-n3c(C)cc4c3CC[C@H](C)C4)cc2)cc1. The number of fused-ring (bicyclic) bond motifs is 1. The Kier molecular flexibility index (Phi) is 5.93. The lowest BCUT2D eigenvalue weighted by Crippen LogP contribution is -2.22. The Hall–Kier alpha value is -3.01. The minimum Gasteiger partial charge on any atom is -0.494 e. The van der Waals surface area contributed by atoms with Gasteiger partial charge < -0.3 is 14.6 Å². The number of hydrogen-bond donors (Lipinski definition) is 1. The van der Waals surface area contributed by atoms with Crippen LogP contribution in [-0.4, -0.2) is 17.1 Å². The van der Waals surface area contributed by atoms with Crippen LogP contribution in [0.4, 0.5) is 0 Å². The van der Waals surface area contributed by atoms with E-state index in [1.54, 1.807) is 0 Å². The van der Waals surface area contributed by atoms with E-state index >= 15 is 0 Å². The van der Waals surface area contributed by atoms with Gasteiger partial charge in [-0.2, -0.15) is 0 Å². The quantitative estimate of drug-likeness (QED) is 0.613. The lowest BCUT2D eigenvalue weighted by molar-refractivity contribution is 0.0951. The van der Waals surface area contributed by atoms with Gasteiger partial charge in [0.05, 0.1) is 6.61 Å². The molecule has 1 aliphatic carbocycles. The monoisotopic (exact) mass is 402 g/mol. The molecule has 0 aliphatic heterocycles. The number of amides is 1. The smallest absolute Gasteiger partial charge is 0.251 e. The normalized spacial score (nSPS) is 15.5. The first-order valence-corrected chi connectivity index (χ1v) is 10.9. The van der Waals surface area contributed by atoms with Gasteiger partial charge in [0, 0.05) is 29.2 Å². The largest absolute Gasteiger partial charge is 0.494 e. The zero-order valence-electron chi connectivity index (χ0n) is 18.1. The van der Waals surface area contributed by atoms with Crippen LogP contribution >= 0.6 is 0 Å². The van der Waals surface area contributed by atoms with E-state index in [2.05, 4.69) is 41.9 Å². The second-order valence-corrected chi connectivity index (χ2v) is 8.25. The van der Waals surface area contributed by atoms with E-state index in [0.717, 1.165) is 35.8 Å². The highest BCUT2D eigenvalue weighted by Gasteiger charge is 2.21. The third-order valence-corrected chi connectivity index (χ3v) is 5.89. The Bertz CT molecular complexity index is 1020. The summed E-state index contributed by atoms with van der Waals surface area (Å²) in [6, 6.07) is 18.1. The molecule has 1 aromatic heterocycles. The first-order chi connectivity index (χ1) is 14.5. The Morgan fingerprint density at radius 1 is 1.13 bits per heavy atom. The van der Waals surface area contributed by atoms with E-state index < -0.39 is 0 Å². The minimum absolute atomic E-state index is 0.0597. The summed E-state index contributed by atoms with van der Waals surface area (Å²) in [6.07, 6.45) is 3.52. The van der Waals surface area contributed by atoms with Crippen molar-refractivity contribution >= 4 is 5.91 Å². The number of carbonyl (C=O) groups excluding carboxylic acids is 1. The topological polar surface area (TPSA) is 43.3 Å². The van der Waals surface area contributed by atoms with Crippen LogP contribution in [0.15, 0.2) is 54.6 Å². The second kappa shape index (κ2) is 8.78. The second-order valence-electron chi connectivity index (χ2n) is 8.25. The molecule has 0 unspecified atom stereocenters. The van der Waals surface area contributed by atoms with E-state index in [1.165, 1.54) is 23.4 Å². The number of aryl methyl sites for hydroxylation is 1. The molecule has 0 spiro atoms. The predicted octanol–water partition coefficient (Wildman–Crippen LogP) is 5.24. The molecule has 0 saturated heterocycles. The van der Waals surface area contributed by atoms with Crippen molar-refractivity contribution in [2.24, 2.45) is 5.92 Å². The molecule has 0 radical (unpaired) electrons. The maximum Gasteiger partial charge on any atom is 0.251 e. The van der Waals surface area contributed by atoms with Gasteiger partial charge in [0.25, 0.3) is 5.91 Å². The third kappa shape index (κ3) is 4.28. The van der Waals surface area contributed by atoms with Gasteiger partial charge in [0.2, 0.25) is 0 Å². The maximum absolute atomic E-state index is 12.6. The number of nitrogens with one attached hydrogen (secondary N) is 1. The first-order valence-electron chi connectivity index (χ1n) is 10.9. The van der Waals surface area contributed by atoms with Crippen molar-refractivity contribution in [2.75, 3.05) is 6.61 Å². The third-order valence-electron chi connectivity index (χ3n) is 5.89. The molecule has 1 N–H and O–H groups in total. The number of nitrogens with zero attached hydrogens (tertiary/aromatic N) is 1. The maximum atomic E-state index is 12.6. The van der Waals surface area contributed by atoms with E-state index in [4.69, 9.17) is 4.74 Å². The molecule has 1 heterocycles. The molecule has 0 fully saturated rings. The Labute approximate surface area is 178 Å². The summed E-state index contributed by atoms with van der Waals surface area (Å²) < 4.78 is 7.81. The summed E-state index contributed by atoms with van der Waals surface area (Å²) in [5, 5.41) is 3.00. The Balaban J connectivity index is 1.43. The number of ether oxygens (including phenoxy) is 1. The van der Waals surface area contributed by atoms with Crippen molar-refractivity contribution < 1.29 is 9.53 Å². The highest BCUT2D eigenvalue weighted by atomic mass is 16.5. The summed E-state index contributed by atoms with van der Waals surface area (Å²) in [6.45, 7) is 7.61. The number of hydrogen-bond acceptors (Lipinski definition) is 2. The number of rotatable bonds is 6. The van der Waals surface area contributed by atoms with Gasteiger partial charge in [-0.25, -0.2) is 0 Å². The fraction of sp³-hybridized carbons (Fsp3) is 0.346. The number of aromatic nitrogens is 1. The van der Waals surface area contributed by atoms with E-state index in [1.807, 2.05) is 43.3 Å². The predicted molar refractivity (Wildman–Crippen MR) is 120 cm³/mol. The van der Waals surface area contributed by atoms with Gasteiger partial charge in [0.15, 0.2) is 0 Å². The standard InChI is InChI=1S/C26H30N2O2/c1-4-30-24-12-6-20(7-13-24)17-27-26(29)21-8-10-23(11-9-21)28-19(3)16-22-15-18(2)5-14-25(22)28/h6-13,16,18H,4-5,14-15,17H2,1-3H3,(H,27,29)/t18-/m0/s1. The van der Waals surface area contributed by atoms with Crippen LogP contribution in [0.2, 0.25) is 0 Å².